The van der Waals surface area contributed by atoms with Crippen LogP contribution in [0, 0.1) is 0 Å². The molecule has 0 spiro atoms. The maximum atomic E-state index is 12.7. The minimum absolute atomic E-state index is 0.184. The van der Waals surface area contributed by atoms with E-state index in [-0.39, 0.29) is 11.6 Å². The van der Waals surface area contributed by atoms with Crippen molar-refractivity contribution in [1.29, 1.82) is 0 Å². The summed E-state index contributed by atoms with van der Waals surface area (Å²) >= 11 is 0. The zero-order valence-electron chi connectivity index (χ0n) is 17.9. The Morgan fingerprint density at radius 2 is 1.36 bits per heavy atom. The Hall–Kier alpha value is -4.21. The zero-order valence-corrected chi connectivity index (χ0v) is 17.9. The third kappa shape index (κ3) is 4.40. The predicted molar refractivity (Wildman–Crippen MR) is 118 cm³/mol. The van der Waals surface area contributed by atoms with E-state index in [2.05, 4.69) is 15.7 Å². The van der Waals surface area contributed by atoms with Crippen LogP contribution < -0.4 is 29.6 Å². The molecule has 5 rings (SSSR count). The first-order valence-electron chi connectivity index (χ1n) is 10.5. The minimum atomic E-state index is -0.644. The van der Waals surface area contributed by atoms with E-state index in [1.165, 1.54) is 4.68 Å². The first-order chi connectivity index (χ1) is 16.1. The van der Waals surface area contributed by atoms with Crippen LogP contribution in [0.25, 0.3) is 0 Å². The summed E-state index contributed by atoms with van der Waals surface area (Å²) in [5, 5.41) is 9.89. The molecule has 2 N–H and O–H groups in total. The summed E-state index contributed by atoms with van der Waals surface area (Å²) < 4.78 is 23.5. The highest BCUT2D eigenvalue weighted by Gasteiger charge is 2.20. The molecule has 0 radical (unpaired) electrons. The van der Waals surface area contributed by atoms with Crippen molar-refractivity contribution in [3.63, 3.8) is 0 Å². The molecule has 0 unspecified atom stereocenters. The number of hydrogen-bond donors (Lipinski definition) is 2. The van der Waals surface area contributed by atoms with Crippen LogP contribution in [0.4, 0.5) is 11.4 Å². The number of ether oxygens (including phenoxy) is 4. The summed E-state index contributed by atoms with van der Waals surface area (Å²) in [5.41, 5.74) is 1.33. The number of aromatic nitrogens is 2. The molecule has 2 amide bonds. The Kier molecular flexibility index (Phi) is 5.47. The number of benzene rings is 2. The van der Waals surface area contributed by atoms with Gasteiger partial charge in [0.25, 0.3) is 5.91 Å². The number of carbonyl (C=O) groups excluding carboxylic acids is 2. The van der Waals surface area contributed by atoms with E-state index in [0.717, 1.165) is 0 Å². The molecule has 3 aromatic rings. The molecule has 33 heavy (non-hydrogen) atoms. The monoisotopic (exact) mass is 450 g/mol. The van der Waals surface area contributed by atoms with Crippen LogP contribution >= 0.6 is 0 Å². The lowest BCUT2D eigenvalue weighted by Gasteiger charge is -2.19. The number of amides is 2. The van der Waals surface area contributed by atoms with Crippen LogP contribution in [-0.4, -0.2) is 48.0 Å². The van der Waals surface area contributed by atoms with Gasteiger partial charge in [-0.3, -0.25) is 14.3 Å². The average Bonchev–Trinajstić information content (AvgIpc) is 3.34. The van der Waals surface area contributed by atoms with Crippen LogP contribution in [0.5, 0.6) is 23.0 Å². The van der Waals surface area contributed by atoms with Crippen LogP contribution in [0.3, 0.4) is 0 Å². The van der Waals surface area contributed by atoms with E-state index in [0.29, 0.717) is 60.8 Å². The lowest BCUT2D eigenvalue weighted by atomic mass is 10.2. The Morgan fingerprint density at radius 1 is 0.818 bits per heavy atom. The molecular formula is C23H22N4O6. The molecule has 10 heteroatoms. The van der Waals surface area contributed by atoms with Gasteiger partial charge in [0.2, 0.25) is 5.91 Å². The maximum Gasteiger partial charge on any atom is 0.276 e. The van der Waals surface area contributed by atoms with Gasteiger partial charge in [-0.25, -0.2) is 0 Å². The van der Waals surface area contributed by atoms with Crippen molar-refractivity contribution >= 4 is 23.2 Å². The fraction of sp³-hybridized carbons (Fsp3) is 0.261. The molecule has 3 heterocycles. The van der Waals surface area contributed by atoms with Gasteiger partial charge in [-0.05, 0) is 37.3 Å². The molecule has 0 bridgehead atoms. The summed E-state index contributed by atoms with van der Waals surface area (Å²) in [6, 6.07) is 11.3. The molecular weight excluding hydrogens is 428 g/mol. The van der Waals surface area contributed by atoms with Gasteiger partial charge in [-0.15, -0.1) is 0 Å². The van der Waals surface area contributed by atoms with Crippen molar-refractivity contribution in [3.05, 3.63) is 54.4 Å². The lowest BCUT2D eigenvalue weighted by Crippen LogP contribution is -2.25. The van der Waals surface area contributed by atoms with Gasteiger partial charge in [-0.1, -0.05) is 0 Å². The van der Waals surface area contributed by atoms with Crippen molar-refractivity contribution in [2.24, 2.45) is 0 Å². The fourth-order valence-corrected chi connectivity index (χ4v) is 3.48. The zero-order chi connectivity index (χ0) is 22.8. The van der Waals surface area contributed by atoms with E-state index < -0.39 is 11.9 Å². The first-order valence-corrected chi connectivity index (χ1v) is 10.5. The lowest BCUT2D eigenvalue weighted by molar-refractivity contribution is -0.119. The van der Waals surface area contributed by atoms with Gasteiger partial charge in [0.05, 0.1) is 0 Å². The summed E-state index contributed by atoms with van der Waals surface area (Å²) in [5.74, 6) is 1.77. The number of nitrogens with one attached hydrogen (secondary N) is 2. The normalized spacial score (nSPS) is 14.8. The number of nitrogens with zero attached hydrogens (tertiary/aromatic N) is 2. The highest BCUT2D eigenvalue weighted by molar-refractivity contribution is 6.03. The molecule has 2 aliphatic heterocycles. The number of anilines is 2. The van der Waals surface area contributed by atoms with Gasteiger partial charge in [0, 0.05) is 29.7 Å². The number of carbonyl (C=O) groups is 2. The third-order valence-corrected chi connectivity index (χ3v) is 5.23. The summed E-state index contributed by atoms with van der Waals surface area (Å²) in [6.07, 6.45) is 1.59. The molecule has 0 fully saturated rings. The Balaban J connectivity index is 1.23. The van der Waals surface area contributed by atoms with Crippen LogP contribution in [0.2, 0.25) is 0 Å². The molecule has 2 aliphatic rings. The maximum absolute atomic E-state index is 12.7. The number of rotatable bonds is 5. The highest BCUT2D eigenvalue weighted by atomic mass is 16.6. The van der Waals surface area contributed by atoms with Crippen molar-refractivity contribution in [1.82, 2.24) is 9.78 Å². The van der Waals surface area contributed by atoms with Crippen LogP contribution in [-0.2, 0) is 4.79 Å². The van der Waals surface area contributed by atoms with E-state index in [4.69, 9.17) is 18.9 Å². The van der Waals surface area contributed by atoms with Crippen LogP contribution in [0.1, 0.15) is 23.5 Å². The number of fused-ring (bicyclic) bond motifs is 2. The number of hydrogen-bond acceptors (Lipinski definition) is 7. The Labute approximate surface area is 189 Å². The molecule has 0 saturated heterocycles. The van der Waals surface area contributed by atoms with Gasteiger partial charge >= 0.3 is 0 Å². The standard InChI is InChI=1S/C23H22N4O6/c1-14(22(28)24-15-2-4-18-20(12-15)32-10-8-30-18)27-7-6-17(26-27)23(29)25-16-3-5-19-21(13-16)33-11-9-31-19/h2-7,12-14H,8-11H2,1H3,(H,24,28)(H,25,29)/t14-/m1/s1. The SMILES string of the molecule is C[C@H](C(=O)Nc1ccc2c(c1)OCCO2)n1ccc(C(=O)Nc2ccc3c(c2)OCCO3)n1. The van der Waals surface area contributed by atoms with Crippen LogP contribution in [0.15, 0.2) is 48.7 Å². The summed E-state index contributed by atoms with van der Waals surface area (Å²) in [7, 11) is 0. The van der Waals surface area contributed by atoms with Gasteiger partial charge in [0.1, 0.15) is 32.5 Å². The van der Waals surface area contributed by atoms with Crippen molar-refractivity contribution in [2.45, 2.75) is 13.0 Å². The van der Waals surface area contributed by atoms with Gasteiger partial charge in [-0.2, -0.15) is 5.10 Å². The topological polar surface area (TPSA) is 113 Å². The second-order valence-corrected chi connectivity index (χ2v) is 7.52. The van der Waals surface area contributed by atoms with Crippen molar-refractivity contribution in [2.75, 3.05) is 37.1 Å². The summed E-state index contributed by atoms with van der Waals surface area (Å²) in [4.78, 5) is 25.3. The second-order valence-electron chi connectivity index (χ2n) is 7.52. The smallest absolute Gasteiger partial charge is 0.276 e. The fourth-order valence-electron chi connectivity index (χ4n) is 3.48. The molecule has 1 atom stereocenters. The molecule has 170 valence electrons. The van der Waals surface area contributed by atoms with Crippen molar-refractivity contribution in [3.8, 4) is 23.0 Å². The van der Waals surface area contributed by atoms with E-state index in [1.807, 2.05) is 0 Å². The van der Waals surface area contributed by atoms with E-state index in [1.54, 1.807) is 55.6 Å². The predicted octanol–water partition coefficient (Wildman–Crippen LogP) is 2.88. The van der Waals surface area contributed by atoms with Crippen molar-refractivity contribution < 1.29 is 28.5 Å². The average molecular weight is 450 g/mol. The molecule has 1 aromatic heterocycles. The Bertz CT molecular complexity index is 1210. The van der Waals surface area contributed by atoms with E-state index >= 15 is 0 Å². The van der Waals surface area contributed by atoms with E-state index in [9.17, 15) is 9.59 Å². The first kappa shape index (κ1) is 20.7. The summed E-state index contributed by atoms with van der Waals surface area (Å²) in [6.45, 7) is 3.62. The second kappa shape index (κ2) is 8.73. The molecule has 2 aromatic carbocycles. The minimum Gasteiger partial charge on any atom is -0.486 e. The molecule has 0 saturated carbocycles. The van der Waals surface area contributed by atoms with Gasteiger partial charge < -0.3 is 29.6 Å². The largest absolute Gasteiger partial charge is 0.486 e. The third-order valence-electron chi connectivity index (χ3n) is 5.23. The van der Waals surface area contributed by atoms with Gasteiger partial charge in [0.15, 0.2) is 28.7 Å². The quantitative estimate of drug-likeness (QED) is 0.615. The molecule has 10 nitrogen and oxygen atoms in total. The Morgan fingerprint density at radius 3 is 1.97 bits per heavy atom. The highest BCUT2D eigenvalue weighted by Crippen LogP contribution is 2.33. The molecule has 0 aliphatic carbocycles.